The molecule has 0 saturated carbocycles. The van der Waals surface area contributed by atoms with Crippen LogP contribution in [0.25, 0.3) is 0 Å². The van der Waals surface area contributed by atoms with E-state index >= 15 is 0 Å². The predicted octanol–water partition coefficient (Wildman–Crippen LogP) is 0.504. The van der Waals surface area contributed by atoms with Gasteiger partial charge in [0.25, 0.3) is 0 Å². The molecule has 3 heteroatoms. The normalized spacial score (nSPS) is 6.00. The van der Waals surface area contributed by atoms with Gasteiger partial charge in [0.05, 0.1) is 0 Å². The molecule has 0 saturated heterocycles. The van der Waals surface area contributed by atoms with E-state index in [1.54, 1.807) is 6.92 Å². The van der Waals surface area contributed by atoms with Gasteiger partial charge in [0.15, 0.2) is 0 Å². The highest BCUT2D eigenvalue weighted by Gasteiger charge is 1.44. The van der Waals surface area contributed by atoms with Crippen molar-refractivity contribution in [2.75, 3.05) is 0 Å². The van der Waals surface area contributed by atoms with Crippen molar-refractivity contribution in [3.8, 4) is 5.18 Å². The molecular formula is C2H5OPS. The van der Waals surface area contributed by atoms with Gasteiger partial charge in [-0.25, -0.2) is 4.21 Å². The number of hydrogen-bond acceptors (Lipinski definition) is 1. The molecule has 5 heavy (non-hydrogen) atoms. The van der Waals surface area contributed by atoms with Crippen molar-refractivity contribution in [1.29, 1.82) is 0 Å². The predicted molar refractivity (Wildman–Crippen MR) is 27.4 cm³/mol. The standard InChI is InChI=1S/C2H5OPS/c1-2-5(3)4/h4H2,1H3. The smallest absolute Gasteiger partial charge is 0.0359 e. The highest BCUT2D eigenvalue weighted by Crippen LogP contribution is 1.72. The van der Waals surface area contributed by atoms with Crippen LogP contribution in [-0.4, -0.2) is 4.21 Å². The van der Waals surface area contributed by atoms with Gasteiger partial charge in [0, 0.05) is 16.8 Å². The Morgan fingerprint density at radius 1 is 2.00 bits per heavy atom. The second-order valence-electron chi connectivity index (χ2n) is 0.502. The van der Waals surface area contributed by atoms with Crippen LogP contribution < -0.4 is 0 Å². The summed E-state index contributed by atoms with van der Waals surface area (Å²) in [5, 5.41) is 2.46. The van der Waals surface area contributed by atoms with Gasteiger partial charge < -0.3 is 0 Å². The van der Waals surface area contributed by atoms with Crippen LogP contribution in [0.3, 0.4) is 0 Å². The molecular weight excluding hydrogens is 103 g/mol. The van der Waals surface area contributed by atoms with Crippen molar-refractivity contribution >= 4 is 18.3 Å². The summed E-state index contributed by atoms with van der Waals surface area (Å²) in [5.41, 5.74) is 0. The molecule has 0 rings (SSSR count). The maximum absolute atomic E-state index is 9.78. The molecule has 0 N–H and O–H groups in total. The minimum atomic E-state index is -0.906. The summed E-state index contributed by atoms with van der Waals surface area (Å²) in [6, 6.07) is 0. The third-order valence-corrected chi connectivity index (χ3v) is 1.31. The molecule has 0 fully saturated rings. The summed E-state index contributed by atoms with van der Waals surface area (Å²) in [5.74, 6) is 0. The zero-order valence-electron chi connectivity index (χ0n) is 2.89. The third kappa shape index (κ3) is 4.23. The molecule has 0 aliphatic heterocycles. The molecule has 0 spiro atoms. The minimum absolute atomic E-state index is 0.906. The van der Waals surface area contributed by atoms with E-state index in [4.69, 9.17) is 0 Å². The van der Waals surface area contributed by atoms with Gasteiger partial charge in [-0.05, 0) is 8.44 Å². The molecule has 0 bridgehead atoms. The summed E-state index contributed by atoms with van der Waals surface area (Å²) in [4.78, 5) is 0. The van der Waals surface area contributed by atoms with Crippen molar-refractivity contribution in [3.05, 3.63) is 0 Å². The van der Waals surface area contributed by atoms with E-state index in [-0.39, 0.29) is 0 Å². The van der Waals surface area contributed by atoms with Crippen molar-refractivity contribution in [3.63, 3.8) is 0 Å². The maximum atomic E-state index is 9.78. The molecule has 0 heterocycles. The maximum Gasteiger partial charge on any atom is 0.0359 e. The number of hydrogen-bond donors (Lipinski definition) is 0. The summed E-state index contributed by atoms with van der Waals surface area (Å²) in [6.07, 6.45) is 0. The Morgan fingerprint density at radius 2 is 2.20 bits per heavy atom. The average molecular weight is 108 g/mol. The fourth-order valence-electron chi connectivity index (χ4n) is 0. The first-order valence-corrected chi connectivity index (χ1v) is 3.73. The van der Waals surface area contributed by atoms with Crippen LogP contribution in [-0.2, 0) is 9.83 Å². The Balaban J connectivity index is 3.99. The summed E-state index contributed by atoms with van der Waals surface area (Å²) in [7, 11) is 1.19. The lowest BCUT2D eigenvalue weighted by atomic mass is 11.0. The first kappa shape index (κ1) is 5.23. The third-order valence-electron chi connectivity index (χ3n) is 0.201. The Hall–Kier alpha value is 0.230. The van der Waals surface area contributed by atoms with Crippen LogP contribution in [0.1, 0.15) is 6.92 Å². The van der Waals surface area contributed by atoms with Gasteiger partial charge >= 0.3 is 0 Å². The van der Waals surface area contributed by atoms with Gasteiger partial charge in [-0.3, -0.25) is 0 Å². The Kier molecular flexibility index (Phi) is 2.58. The topological polar surface area (TPSA) is 17.1 Å². The summed E-state index contributed by atoms with van der Waals surface area (Å²) < 4.78 is 9.78. The first-order chi connectivity index (χ1) is 2.27. The van der Waals surface area contributed by atoms with Crippen molar-refractivity contribution in [2.45, 2.75) is 6.92 Å². The van der Waals surface area contributed by atoms with Gasteiger partial charge in [0.1, 0.15) is 0 Å². The minimum Gasteiger partial charge on any atom is -0.218 e. The highest BCUT2D eigenvalue weighted by atomic mass is 32.7. The summed E-state index contributed by atoms with van der Waals surface area (Å²) in [6.45, 7) is 1.63. The van der Waals surface area contributed by atoms with E-state index in [0.29, 0.717) is 0 Å². The molecule has 30 valence electrons. The van der Waals surface area contributed by atoms with Gasteiger partial charge in [-0.15, -0.1) is 0 Å². The summed E-state index contributed by atoms with van der Waals surface area (Å²) >= 11 is 0. The molecule has 1 unspecified atom stereocenters. The fourth-order valence-corrected chi connectivity index (χ4v) is 0. The monoisotopic (exact) mass is 108 g/mol. The molecule has 1 nitrogen and oxygen atoms in total. The van der Waals surface area contributed by atoms with Crippen LogP contribution >= 0.6 is 8.44 Å². The molecule has 0 aliphatic rings. The Morgan fingerprint density at radius 3 is 2.20 bits per heavy atom. The van der Waals surface area contributed by atoms with E-state index in [1.165, 1.54) is 0 Å². The zero-order valence-corrected chi connectivity index (χ0v) is 4.87. The van der Waals surface area contributed by atoms with Crippen LogP contribution in [0.15, 0.2) is 0 Å². The lowest BCUT2D eigenvalue weighted by Crippen LogP contribution is -1.38. The fraction of sp³-hybridized carbons (Fsp3) is 0.500. The molecule has 0 aromatic rings. The quantitative estimate of drug-likeness (QED) is 0.413. The lowest BCUT2D eigenvalue weighted by Gasteiger charge is -1.48. The molecule has 0 aromatic carbocycles. The van der Waals surface area contributed by atoms with Crippen LogP contribution in [0.5, 0.6) is 0 Å². The first-order valence-electron chi connectivity index (χ1n) is 1.11. The molecule has 0 amide bonds. The second kappa shape index (κ2) is 2.47. The number of rotatable bonds is 0. The van der Waals surface area contributed by atoms with Crippen LogP contribution in [0.4, 0.5) is 0 Å². The zero-order chi connectivity index (χ0) is 4.28. The SMILES string of the molecule is CC#S(=O)P. The van der Waals surface area contributed by atoms with Crippen molar-refractivity contribution in [2.24, 2.45) is 0 Å². The van der Waals surface area contributed by atoms with Gasteiger partial charge in [-0.1, -0.05) is 5.18 Å². The van der Waals surface area contributed by atoms with Crippen LogP contribution in [0.2, 0.25) is 0 Å². The van der Waals surface area contributed by atoms with Crippen molar-refractivity contribution < 1.29 is 4.21 Å². The van der Waals surface area contributed by atoms with Crippen LogP contribution in [0, 0.1) is 5.18 Å². The molecule has 0 aromatic heterocycles. The van der Waals surface area contributed by atoms with E-state index in [0.717, 1.165) is 0 Å². The van der Waals surface area contributed by atoms with E-state index in [1.807, 2.05) is 0 Å². The van der Waals surface area contributed by atoms with E-state index in [9.17, 15) is 4.21 Å². The molecule has 0 aliphatic carbocycles. The Labute approximate surface area is 35.4 Å². The van der Waals surface area contributed by atoms with E-state index in [2.05, 4.69) is 13.6 Å². The van der Waals surface area contributed by atoms with Crippen molar-refractivity contribution in [1.82, 2.24) is 0 Å². The molecule has 0 radical (unpaired) electrons. The molecule has 1 atom stereocenters. The van der Waals surface area contributed by atoms with E-state index < -0.39 is 9.83 Å². The Bertz CT molecular complexity index is 128. The van der Waals surface area contributed by atoms with Gasteiger partial charge in [0.2, 0.25) is 0 Å². The lowest BCUT2D eigenvalue weighted by molar-refractivity contribution is 0.699. The highest BCUT2D eigenvalue weighted by molar-refractivity contribution is 8.26. The average Bonchev–Trinajstić information content (AvgIpc) is 1.38. The van der Waals surface area contributed by atoms with Gasteiger partial charge in [-0.2, -0.15) is 0 Å². The largest absolute Gasteiger partial charge is 0.218 e. The second-order valence-corrected chi connectivity index (χ2v) is 2.79.